The molecule has 1 aliphatic rings. The number of ether oxygens (including phenoxy) is 1. The first kappa shape index (κ1) is 21.5. The third-order valence-electron chi connectivity index (χ3n) is 5.28. The Kier molecular flexibility index (Phi) is 5.92. The lowest BCUT2D eigenvalue weighted by atomic mass is 9.95. The van der Waals surface area contributed by atoms with Gasteiger partial charge < -0.3 is 9.84 Å². The van der Waals surface area contributed by atoms with Crippen LogP contribution in [0.2, 0.25) is 0 Å². The molecule has 1 aromatic heterocycles. The van der Waals surface area contributed by atoms with Gasteiger partial charge in [-0.25, -0.2) is 4.98 Å². The molecule has 1 unspecified atom stereocenters. The molecular weight excluding hydrogens is 424 g/mol. The van der Waals surface area contributed by atoms with Gasteiger partial charge in [0, 0.05) is 10.4 Å². The molecule has 162 valence electrons. The van der Waals surface area contributed by atoms with Gasteiger partial charge in [-0.1, -0.05) is 55.1 Å². The van der Waals surface area contributed by atoms with Crippen molar-refractivity contribution in [3.05, 3.63) is 94.5 Å². The van der Waals surface area contributed by atoms with Crippen molar-refractivity contribution in [2.45, 2.75) is 19.9 Å². The number of aliphatic hydroxyl groups excluding tert-OH is 1. The van der Waals surface area contributed by atoms with Crippen LogP contribution in [0.4, 0.5) is 5.13 Å². The van der Waals surface area contributed by atoms with E-state index in [4.69, 9.17) is 4.74 Å². The molecule has 2 heterocycles. The molecule has 0 saturated carbocycles. The first-order valence-corrected chi connectivity index (χ1v) is 10.9. The Morgan fingerprint density at radius 3 is 2.44 bits per heavy atom. The quantitative estimate of drug-likeness (QED) is 0.251. The zero-order valence-electron chi connectivity index (χ0n) is 17.7. The summed E-state index contributed by atoms with van der Waals surface area (Å²) in [7, 11) is 0. The number of thiazole rings is 1. The molecule has 7 heteroatoms. The molecule has 0 spiro atoms. The lowest BCUT2D eigenvalue weighted by molar-refractivity contribution is -0.132. The third kappa shape index (κ3) is 3.83. The number of Topliss-reactive ketones (excluding diaryl/α,β-unsaturated/α-hetero) is 1. The molecule has 1 atom stereocenters. The summed E-state index contributed by atoms with van der Waals surface area (Å²) in [5, 5.41) is 11.5. The zero-order chi connectivity index (χ0) is 22.8. The fourth-order valence-electron chi connectivity index (χ4n) is 3.56. The molecule has 1 fully saturated rings. The first-order chi connectivity index (χ1) is 15.4. The van der Waals surface area contributed by atoms with Gasteiger partial charge in [0.25, 0.3) is 5.78 Å². The summed E-state index contributed by atoms with van der Waals surface area (Å²) in [5.41, 5.74) is 1.96. The minimum absolute atomic E-state index is 0.0338. The van der Waals surface area contributed by atoms with Crippen LogP contribution in [0.15, 0.2) is 72.8 Å². The van der Waals surface area contributed by atoms with E-state index in [1.807, 2.05) is 19.9 Å². The lowest BCUT2D eigenvalue weighted by Crippen LogP contribution is -2.29. The number of ketones is 1. The van der Waals surface area contributed by atoms with Gasteiger partial charge in [0.15, 0.2) is 5.13 Å². The van der Waals surface area contributed by atoms with Crippen LogP contribution in [0.25, 0.3) is 5.76 Å². The maximum absolute atomic E-state index is 13.1. The minimum Gasteiger partial charge on any atom is -0.507 e. The van der Waals surface area contributed by atoms with Crippen LogP contribution in [-0.2, 0) is 9.59 Å². The number of amides is 1. The van der Waals surface area contributed by atoms with Gasteiger partial charge in [-0.3, -0.25) is 14.5 Å². The van der Waals surface area contributed by atoms with Crippen molar-refractivity contribution in [3.8, 4) is 5.75 Å². The number of aryl methyl sites for hydroxylation is 2. The number of aromatic nitrogens is 1. The third-order valence-corrected chi connectivity index (χ3v) is 6.35. The predicted octanol–water partition coefficient (Wildman–Crippen LogP) is 4.95. The highest BCUT2D eigenvalue weighted by Crippen LogP contribution is 2.43. The first-order valence-electron chi connectivity index (χ1n) is 10.1. The maximum atomic E-state index is 13.1. The largest absolute Gasteiger partial charge is 0.507 e. The second-order valence-corrected chi connectivity index (χ2v) is 8.52. The molecule has 2 aromatic carbocycles. The molecule has 32 heavy (non-hydrogen) atoms. The smallest absolute Gasteiger partial charge is 0.301 e. The number of aliphatic hydroxyl groups is 1. The van der Waals surface area contributed by atoms with Crippen molar-refractivity contribution >= 4 is 33.9 Å². The number of carbonyl (C=O) groups excluding carboxylic acids is 2. The highest BCUT2D eigenvalue weighted by atomic mass is 32.1. The van der Waals surface area contributed by atoms with Crippen LogP contribution in [0.1, 0.15) is 27.7 Å². The molecule has 0 radical (unpaired) electrons. The van der Waals surface area contributed by atoms with Crippen LogP contribution >= 0.6 is 11.3 Å². The number of hydrogen-bond acceptors (Lipinski definition) is 6. The van der Waals surface area contributed by atoms with E-state index in [2.05, 4.69) is 11.6 Å². The molecule has 1 N–H and O–H groups in total. The van der Waals surface area contributed by atoms with E-state index in [1.165, 1.54) is 16.2 Å². The summed E-state index contributed by atoms with van der Waals surface area (Å²) in [6.45, 7) is 7.77. The Hall–Kier alpha value is -3.71. The average Bonchev–Trinajstić information content (AvgIpc) is 3.28. The molecule has 1 amide bonds. The van der Waals surface area contributed by atoms with Gasteiger partial charge in [-0.05, 0) is 31.5 Å². The molecular formula is C25H22N2O4S. The standard InChI is InChI=1S/C25H22N2O4S/c1-4-14-31-19-12-10-17(11-13-19)21-20(22(28)18-8-6-5-7-9-18)23(29)24(30)27(21)25-26-15(2)16(3)32-25/h4-13,21,28H,1,14H2,2-3H3/b22-20+. The average molecular weight is 447 g/mol. The van der Waals surface area contributed by atoms with E-state index in [-0.39, 0.29) is 11.3 Å². The van der Waals surface area contributed by atoms with E-state index < -0.39 is 17.7 Å². The maximum Gasteiger partial charge on any atom is 0.301 e. The summed E-state index contributed by atoms with van der Waals surface area (Å²) < 4.78 is 5.55. The fraction of sp³-hybridized carbons (Fsp3) is 0.160. The number of anilines is 1. The van der Waals surface area contributed by atoms with E-state index >= 15 is 0 Å². The highest BCUT2D eigenvalue weighted by molar-refractivity contribution is 7.16. The molecule has 6 nitrogen and oxygen atoms in total. The Balaban J connectivity index is 1.88. The Labute approximate surface area is 190 Å². The zero-order valence-corrected chi connectivity index (χ0v) is 18.6. The number of hydrogen-bond donors (Lipinski definition) is 1. The molecule has 4 rings (SSSR count). The van der Waals surface area contributed by atoms with E-state index in [9.17, 15) is 14.7 Å². The fourth-order valence-corrected chi connectivity index (χ4v) is 4.49. The summed E-state index contributed by atoms with van der Waals surface area (Å²) in [6, 6.07) is 15.0. The number of nitrogens with zero attached hydrogens (tertiary/aromatic N) is 2. The van der Waals surface area contributed by atoms with Crippen LogP contribution in [0.5, 0.6) is 5.75 Å². The van der Waals surface area contributed by atoms with Gasteiger partial charge in [0.2, 0.25) is 0 Å². The van der Waals surface area contributed by atoms with Crippen molar-refractivity contribution in [2.75, 3.05) is 11.5 Å². The van der Waals surface area contributed by atoms with E-state index in [0.717, 1.165) is 10.6 Å². The van der Waals surface area contributed by atoms with Crippen LogP contribution in [-0.4, -0.2) is 28.4 Å². The molecule has 0 bridgehead atoms. The van der Waals surface area contributed by atoms with Gasteiger partial charge >= 0.3 is 5.91 Å². The van der Waals surface area contributed by atoms with Gasteiger partial charge in [0.1, 0.15) is 18.1 Å². The lowest BCUT2D eigenvalue weighted by Gasteiger charge is -2.23. The van der Waals surface area contributed by atoms with Crippen molar-refractivity contribution in [1.29, 1.82) is 0 Å². The normalized spacial score (nSPS) is 17.6. The second kappa shape index (κ2) is 8.80. The van der Waals surface area contributed by atoms with Crippen molar-refractivity contribution in [2.24, 2.45) is 0 Å². The van der Waals surface area contributed by atoms with Crippen molar-refractivity contribution < 1.29 is 19.4 Å². The molecule has 1 aliphatic heterocycles. The topological polar surface area (TPSA) is 79.7 Å². The Morgan fingerprint density at radius 2 is 1.84 bits per heavy atom. The Morgan fingerprint density at radius 1 is 1.16 bits per heavy atom. The molecule has 1 saturated heterocycles. The van der Waals surface area contributed by atoms with Gasteiger partial charge in [0.05, 0.1) is 17.3 Å². The molecule has 3 aromatic rings. The van der Waals surface area contributed by atoms with E-state index in [1.54, 1.807) is 54.6 Å². The summed E-state index contributed by atoms with van der Waals surface area (Å²) in [4.78, 5) is 33.1. The van der Waals surface area contributed by atoms with Gasteiger partial charge in [-0.2, -0.15) is 0 Å². The SMILES string of the molecule is C=CCOc1ccc(C2/C(=C(\O)c3ccccc3)C(=O)C(=O)N2c2nc(C)c(C)s2)cc1. The van der Waals surface area contributed by atoms with Crippen LogP contribution < -0.4 is 9.64 Å². The summed E-state index contributed by atoms with van der Waals surface area (Å²) in [5.74, 6) is -1.04. The monoisotopic (exact) mass is 446 g/mol. The van der Waals surface area contributed by atoms with E-state index in [0.29, 0.717) is 28.6 Å². The van der Waals surface area contributed by atoms with Gasteiger partial charge in [-0.15, -0.1) is 11.3 Å². The minimum atomic E-state index is -0.811. The summed E-state index contributed by atoms with van der Waals surface area (Å²) in [6.07, 6.45) is 1.65. The second-order valence-electron chi connectivity index (χ2n) is 7.34. The molecule has 0 aliphatic carbocycles. The number of benzene rings is 2. The predicted molar refractivity (Wildman–Crippen MR) is 125 cm³/mol. The highest BCUT2D eigenvalue weighted by Gasteiger charge is 2.48. The van der Waals surface area contributed by atoms with Crippen molar-refractivity contribution in [3.63, 3.8) is 0 Å². The van der Waals surface area contributed by atoms with Crippen LogP contribution in [0, 0.1) is 13.8 Å². The van der Waals surface area contributed by atoms with Crippen molar-refractivity contribution in [1.82, 2.24) is 4.98 Å². The van der Waals surface area contributed by atoms with Crippen LogP contribution in [0.3, 0.4) is 0 Å². The number of carbonyl (C=O) groups is 2. The number of rotatable bonds is 6. The Bertz CT molecular complexity index is 1190. The summed E-state index contributed by atoms with van der Waals surface area (Å²) >= 11 is 1.34.